The highest BCUT2D eigenvalue weighted by molar-refractivity contribution is 8.76. The minimum absolute atomic E-state index is 0.807. The summed E-state index contributed by atoms with van der Waals surface area (Å²) in [5.41, 5.74) is 7.68. The molecule has 0 spiro atoms. The van der Waals surface area contributed by atoms with Gasteiger partial charge in [0.05, 0.1) is 0 Å². The van der Waals surface area contributed by atoms with Gasteiger partial charge in [-0.1, -0.05) is 34.9 Å². The first-order valence-electron chi connectivity index (χ1n) is 6.82. The molecule has 0 aromatic heterocycles. The van der Waals surface area contributed by atoms with Crippen LogP contribution in [-0.4, -0.2) is 6.54 Å². The number of nitrogens with two attached hydrogens (primary N) is 1. The Bertz CT molecular complexity index is 509. The Morgan fingerprint density at radius 2 is 1.45 bits per heavy atom. The van der Waals surface area contributed by atoms with Gasteiger partial charge in [-0.15, -0.1) is 0 Å². The van der Waals surface area contributed by atoms with Gasteiger partial charge in [0.1, 0.15) is 0 Å². The number of unbranched alkanes of at least 4 members (excludes halogenated alkanes) is 1. The van der Waals surface area contributed by atoms with E-state index in [9.17, 15) is 0 Å². The second-order valence-electron chi connectivity index (χ2n) is 4.54. The molecule has 2 aromatic carbocycles. The van der Waals surface area contributed by atoms with Crippen molar-refractivity contribution in [3.05, 3.63) is 48.5 Å². The normalized spacial score (nSPS) is 10.4. The predicted molar refractivity (Wildman–Crippen MR) is 92.4 cm³/mol. The molecule has 0 aliphatic carbocycles. The molecular formula is C16H20N2S2. The Morgan fingerprint density at radius 3 is 2.00 bits per heavy atom. The van der Waals surface area contributed by atoms with Crippen molar-refractivity contribution in [3.8, 4) is 0 Å². The van der Waals surface area contributed by atoms with E-state index >= 15 is 0 Å². The number of hydrogen-bond acceptors (Lipinski definition) is 4. The van der Waals surface area contributed by atoms with Crippen LogP contribution in [0.1, 0.15) is 19.8 Å². The zero-order chi connectivity index (χ0) is 14.2. The first-order valence-corrected chi connectivity index (χ1v) is 8.97. The van der Waals surface area contributed by atoms with Crippen molar-refractivity contribution >= 4 is 33.0 Å². The maximum atomic E-state index is 5.68. The summed E-state index contributed by atoms with van der Waals surface area (Å²) in [7, 11) is 3.51. The van der Waals surface area contributed by atoms with Crippen molar-refractivity contribution < 1.29 is 0 Å². The predicted octanol–water partition coefficient (Wildman–Crippen LogP) is 5.28. The molecule has 0 atom stereocenters. The summed E-state index contributed by atoms with van der Waals surface area (Å²) in [6.07, 6.45) is 2.43. The van der Waals surface area contributed by atoms with Crippen LogP contribution in [0.2, 0.25) is 0 Å². The second-order valence-corrected chi connectivity index (χ2v) is 6.82. The molecule has 4 heteroatoms. The summed E-state index contributed by atoms with van der Waals surface area (Å²) in [6, 6.07) is 16.6. The third kappa shape index (κ3) is 5.02. The molecule has 0 saturated heterocycles. The molecule has 20 heavy (non-hydrogen) atoms. The van der Waals surface area contributed by atoms with Crippen LogP contribution in [-0.2, 0) is 0 Å². The lowest BCUT2D eigenvalue weighted by Crippen LogP contribution is -1.99. The van der Waals surface area contributed by atoms with Gasteiger partial charge in [0, 0.05) is 27.7 Å². The van der Waals surface area contributed by atoms with Crippen LogP contribution in [0, 0.1) is 0 Å². The molecular weight excluding hydrogens is 284 g/mol. The van der Waals surface area contributed by atoms with Gasteiger partial charge in [0.15, 0.2) is 0 Å². The number of anilines is 2. The molecule has 0 heterocycles. The average Bonchev–Trinajstić information content (AvgIpc) is 2.48. The Morgan fingerprint density at radius 1 is 0.900 bits per heavy atom. The highest BCUT2D eigenvalue weighted by Gasteiger charge is 1.98. The van der Waals surface area contributed by atoms with Gasteiger partial charge in [-0.2, -0.15) is 0 Å². The second kappa shape index (κ2) is 8.12. The zero-order valence-electron chi connectivity index (χ0n) is 11.6. The summed E-state index contributed by atoms with van der Waals surface area (Å²) < 4.78 is 0. The molecule has 0 amide bonds. The van der Waals surface area contributed by atoms with Crippen LogP contribution in [0.25, 0.3) is 0 Å². The quantitative estimate of drug-likeness (QED) is 0.414. The minimum Gasteiger partial charge on any atom is -0.399 e. The van der Waals surface area contributed by atoms with E-state index in [0.29, 0.717) is 0 Å². The molecule has 2 rings (SSSR count). The third-order valence-corrected chi connectivity index (χ3v) is 5.25. The van der Waals surface area contributed by atoms with E-state index in [1.54, 1.807) is 21.6 Å². The van der Waals surface area contributed by atoms with Crippen molar-refractivity contribution in [2.75, 3.05) is 17.6 Å². The molecule has 0 unspecified atom stereocenters. The van der Waals surface area contributed by atoms with Crippen LogP contribution >= 0.6 is 21.6 Å². The lowest BCUT2D eigenvalue weighted by atomic mass is 10.3. The molecule has 0 fully saturated rings. The number of benzene rings is 2. The van der Waals surface area contributed by atoms with Crippen LogP contribution in [0.4, 0.5) is 11.4 Å². The van der Waals surface area contributed by atoms with Crippen LogP contribution in [0.5, 0.6) is 0 Å². The molecule has 2 nitrogen and oxygen atoms in total. The van der Waals surface area contributed by atoms with E-state index < -0.39 is 0 Å². The number of rotatable bonds is 7. The van der Waals surface area contributed by atoms with Gasteiger partial charge >= 0.3 is 0 Å². The Hall–Kier alpha value is -1.26. The fraction of sp³-hybridized carbons (Fsp3) is 0.250. The van der Waals surface area contributed by atoms with Crippen LogP contribution in [0.15, 0.2) is 58.3 Å². The van der Waals surface area contributed by atoms with E-state index in [2.05, 4.69) is 36.5 Å². The minimum atomic E-state index is 0.807. The van der Waals surface area contributed by atoms with Gasteiger partial charge in [0.25, 0.3) is 0 Å². The molecule has 0 aliphatic rings. The van der Waals surface area contributed by atoms with Gasteiger partial charge in [-0.25, -0.2) is 0 Å². The van der Waals surface area contributed by atoms with Gasteiger partial charge in [-0.3, -0.25) is 0 Å². The van der Waals surface area contributed by atoms with E-state index in [4.69, 9.17) is 5.73 Å². The van der Waals surface area contributed by atoms with E-state index in [1.165, 1.54) is 28.3 Å². The molecule has 106 valence electrons. The van der Waals surface area contributed by atoms with E-state index in [-0.39, 0.29) is 0 Å². The Labute approximate surface area is 128 Å². The third-order valence-electron chi connectivity index (χ3n) is 2.83. The first-order chi connectivity index (χ1) is 9.78. The summed E-state index contributed by atoms with van der Waals surface area (Å²) in [5.74, 6) is 0. The lowest BCUT2D eigenvalue weighted by molar-refractivity contribution is 0.834. The van der Waals surface area contributed by atoms with Crippen molar-refractivity contribution in [1.82, 2.24) is 0 Å². The van der Waals surface area contributed by atoms with Gasteiger partial charge in [-0.05, 0) is 55.0 Å². The molecule has 0 radical (unpaired) electrons. The first kappa shape index (κ1) is 15.1. The summed E-state index contributed by atoms with van der Waals surface area (Å²) >= 11 is 0. The largest absolute Gasteiger partial charge is 0.399 e. The number of nitrogens with one attached hydrogen (secondary N) is 1. The van der Waals surface area contributed by atoms with Crippen molar-refractivity contribution in [2.24, 2.45) is 0 Å². The zero-order valence-corrected chi connectivity index (χ0v) is 13.3. The summed E-state index contributed by atoms with van der Waals surface area (Å²) in [4.78, 5) is 2.47. The maximum Gasteiger partial charge on any atom is 0.0340 e. The van der Waals surface area contributed by atoms with Crippen LogP contribution < -0.4 is 11.1 Å². The monoisotopic (exact) mass is 304 g/mol. The Balaban J connectivity index is 1.82. The topological polar surface area (TPSA) is 38.0 Å². The lowest BCUT2D eigenvalue weighted by Gasteiger charge is -2.06. The molecule has 2 aromatic rings. The highest BCUT2D eigenvalue weighted by atomic mass is 33.1. The van der Waals surface area contributed by atoms with Gasteiger partial charge < -0.3 is 11.1 Å². The van der Waals surface area contributed by atoms with E-state index in [1.807, 2.05) is 24.3 Å². The summed E-state index contributed by atoms with van der Waals surface area (Å²) in [5, 5.41) is 3.42. The van der Waals surface area contributed by atoms with Crippen molar-refractivity contribution in [1.29, 1.82) is 0 Å². The molecule has 0 bridgehead atoms. The average molecular weight is 304 g/mol. The van der Waals surface area contributed by atoms with Crippen molar-refractivity contribution in [2.45, 2.75) is 29.6 Å². The maximum absolute atomic E-state index is 5.68. The van der Waals surface area contributed by atoms with E-state index in [0.717, 1.165) is 12.2 Å². The Kier molecular flexibility index (Phi) is 6.15. The molecule has 0 aliphatic heterocycles. The fourth-order valence-electron chi connectivity index (χ4n) is 1.66. The van der Waals surface area contributed by atoms with Crippen molar-refractivity contribution in [3.63, 3.8) is 0 Å². The highest BCUT2D eigenvalue weighted by Crippen LogP contribution is 2.37. The molecule has 3 N–H and O–H groups in total. The smallest absolute Gasteiger partial charge is 0.0340 e. The van der Waals surface area contributed by atoms with Crippen LogP contribution in [0.3, 0.4) is 0 Å². The number of nitrogen functional groups attached to an aromatic ring is 1. The van der Waals surface area contributed by atoms with Gasteiger partial charge in [0.2, 0.25) is 0 Å². The standard InChI is InChI=1S/C16H20N2S2/c1-2-3-12-18-14-6-10-16(11-7-14)20-19-15-8-4-13(17)5-9-15/h4-11,18H,2-3,12,17H2,1H3. The fourth-order valence-corrected chi connectivity index (χ4v) is 3.59. The summed E-state index contributed by atoms with van der Waals surface area (Å²) in [6.45, 7) is 3.25. The number of hydrogen-bond donors (Lipinski definition) is 2. The molecule has 0 saturated carbocycles. The SMILES string of the molecule is CCCCNc1ccc(SSc2ccc(N)cc2)cc1.